The number of hydrogen-bond acceptors (Lipinski definition) is 6. The summed E-state index contributed by atoms with van der Waals surface area (Å²) >= 11 is 6.16. The molecule has 1 aromatic carbocycles. The molecule has 0 radical (unpaired) electrons. The van der Waals surface area contributed by atoms with Crippen molar-refractivity contribution in [1.82, 2.24) is 0 Å². The summed E-state index contributed by atoms with van der Waals surface area (Å²) in [4.78, 5) is 20.3. The maximum absolute atomic E-state index is 11.0. The van der Waals surface area contributed by atoms with Gasteiger partial charge < -0.3 is 0 Å². The van der Waals surface area contributed by atoms with Crippen LogP contribution in [0.4, 0.5) is 17.1 Å². The fourth-order valence-corrected chi connectivity index (χ4v) is 2.30. The molecule has 8 nitrogen and oxygen atoms in total. The summed E-state index contributed by atoms with van der Waals surface area (Å²) in [5.74, 6) is 0. The highest BCUT2D eigenvalue weighted by Gasteiger charge is 2.19. The van der Waals surface area contributed by atoms with Gasteiger partial charge in [0.2, 0.25) is 0 Å². The molecule has 1 aromatic rings. The van der Waals surface area contributed by atoms with Gasteiger partial charge in [0.25, 0.3) is 5.69 Å². The van der Waals surface area contributed by atoms with Crippen molar-refractivity contribution in [1.29, 1.82) is 0 Å². The molecule has 0 spiro atoms. The predicted molar refractivity (Wildman–Crippen MR) is 87.7 cm³/mol. The Labute approximate surface area is 136 Å². The molecule has 0 fully saturated rings. The molecular weight excluding hydrogens is 324 g/mol. The minimum Gasteiger partial charge on any atom is -0.272 e. The van der Waals surface area contributed by atoms with Crippen molar-refractivity contribution in [2.75, 3.05) is 5.43 Å². The van der Waals surface area contributed by atoms with E-state index >= 15 is 0 Å². The van der Waals surface area contributed by atoms with Crippen LogP contribution in [-0.4, -0.2) is 16.1 Å². The summed E-state index contributed by atoms with van der Waals surface area (Å²) in [7, 11) is 0. The molecule has 120 valence electrons. The Hall–Kier alpha value is -2.74. The molecule has 1 aliphatic rings. The van der Waals surface area contributed by atoms with Crippen LogP contribution in [0, 0.1) is 20.2 Å². The number of rotatable bonds is 5. The number of hydrazone groups is 1. The van der Waals surface area contributed by atoms with Crippen LogP contribution in [0.15, 0.2) is 45.6 Å². The number of nitrogens with zero attached hydrogens (tertiary/aromatic N) is 3. The van der Waals surface area contributed by atoms with Crippen molar-refractivity contribution in [3.63, 3.8) is 0 Å². The van der Waals surface area contributed by atoms with Crippen LogP contribution in [0.1, 0.15) is 19.8 Å². The van der Waals surface area contributed by atoms with Crippen LogP contribution in [0.25, 0.3) is 0 Å². The number of hydrogen-bond donors (Lipinski definition) is 1. The Morgan fingerprint density at radius 3 is 2.70 bits per heavy atom. The average Bonchev–Trinajstić information content (AvgIpc) is 2.51. The number of nitrogens with one attached hydrogen (secondary N) is 1. The van der Waals surface area contributed by atoms with Gasteiger partial charge in [0, 0.05) is 11.1 Å². The first-order valence-corrected chi connectivity index (χ1v) is 7.05. The molecule has 0 unspecified atom stereocenters. The summed E-state index contributed by atoms with van der Waals surface area (Å²) in [6, 6.07) is 3.30. The lowest BCUT2D eigenvalue weighted by Crippen LogP contribution is -2.01. The molecule has 0 bridgehead atoms. The van der Waals surface area contributed by atoms with E-state index in [1.165, 1.54) is 18.3 Å². The molecule has 1 N–H and O–H groups in total. The zero-order valence-corrected chi connectivity index (χ0v) is 12.9. The Morgan fingerprint density at radius 2 is 2.04 bits per heavy atom. The molecule has 9 heteroatoms. The van der Waals surface area contributed by atoms with Crippen LogP contribution >= 0.6 is 11.6 Å². The lowest BCUT2D eigenvalue weighted by molar-refractivity contribution is -0.393. The average molecular weight is 337 g/mol. The second-order valence-electron chi connectivity index (χ2n) is 4.85. The standard InChI is InChI=1S/C14H13ClN4O4/c1-9-3-2-4-10(14(9)15)8-16-17-12-6-5-11(18(20)21)7-13(12)19(22)23/h3,5-8,17H,2,4H2,1H3. The molecule has 1 aliphatic carbocycles. The molecular formula is C14H13ClN4O4. The maximum atomic E-state index is 11.0. The monoisotopic (exact) mass is 336 g/mol. The molecule has 0 atom stereocenters. The normalized spacial score (nSPS) is 14.8. The highest BCUT2D eigenvalue weighted by atomic mass is 35.5. The first kappa shape index (κ1) is 16.6. The minimum atomic E-state index is -0.704. The van der Waals surface area contributed by atoms with E-state index in [2.05, 4.69) is 10.5 Å². The van der Waals surface area contributed by atoms with E-state index in [9.17, 15) is 20.2 Å². The Balaban J connectivity index is 2.22. The van der Waals surface area contributed by atoms with Gasteiger partial charge in [-0.05, 0) is 37.0 Å². The maximum Gasteiger partial charge on any atom is 0.301 e. The molecule has 0 saturated carbocycles. The van der Waals surface area contributed by atoms with Gasteiger partial charge in [-0.3, -0.25) is 25.7 Å². The lowest BCUT2D eigenvalue weighted by Gasteiger charge is -2.11. The molecule has 0 aliphatic heterocycles. The van der Waals surface area contributed by atoms with Crippen LogP contribution in [0.3, 0.4) is 0 Å². The van der Waals surface area contributed by atoms with Gasteiger partial charge in [-0.25, -0.2) is 0 Å². The van der Waals surface area contributed by atoms with Gasteiger partial charge >= 0.3 is 5.69 Å². The van der Waals surface area contributed by atoms with Gasteiger partial charge in [-0.2, -0.15) is 5.10 Å². The van der Waals surface area contributed by atoms with E-state index in [1.54, 1.807) is 0 Å². The number of benzene rings is 1. The third-order valence-electron chi connectivity index (χ3n) is 3.29. The smallest absolute Gasteiger partial charge is 0.272 e. The van der Waals surface area contributed by atoms with Crippen LogP contribution in [0.2, 0.25) is 0 Å². The van der Waals surface area contributed by atoms with Crippen LogP contribution in [-0.2, 0) is 0 Å². The van der Waals surface area contributed by atoms with Gasteiger partial charge in [-0.15, -0.1) is 0 Å². The zero-order chi connectivity index (χ0) is 17.0. The van der Waals surface area contributed by atoms with E-state index in [4.69, 9.17) is 11.6 Å². The summed E-state index contributed by atoms with van der Waals surface area (Å²) in [5, 5.41) is 26.3. The van der Waals surface area contributed by atoms with Crippen molar-refractivity contribution in [2.45, 2.75) is 19.8 Å². The Kier molecular flexibility index (Phi) is 5.07. The van der Waals surface area contributed by atoms with E-state index in [0.717, 1.165) is 30.1 Å². The van der Waals surface area contributed by atoms with Crippen molar-refractivity contribution >= 4 is 34.9 Å². The fourth-order valence-electron chi connectivity index (χ4n) is 2.08. The number of nitro groups is 2. The van der Waals surface area contributed by atoms with Crippen LogP contribution < -0.4 is 5.43 Å². The summed E-state index contributed by atoms with van der Waals surface area (Å²) in [5.41, 5.74) is 3.61. The Bertz CT molecular complexity index is 755. The summed E-state index contributed by atoms with van der Waals surface area (Å²) in [6.45, 7) is 1.89. The fraction of sp³-hybridized carbons (Fsp3) is 0.214. The lowest BCUT2D eigenvalue weighted by atomic mass is 10.0. The predicted octanol–water partition coefficient (Wildman–Crippen LogP) is 4.13. The highest BCUT2D eigenvalue weighted by Crippen LogP contribution is 2.29. The number of anilines is 1. The van der Waals surface area contributed by atoms with Gasteiger partial charge in [0.05, 0.1) is 22.1 Å². The van der Waals surface area contributed by atoms with E-state index < -0.39 is 15.5 Å². The van der Waals surface area contributed by atoms with Crippen molar-refractivity contribution in [3.05, 3.63) is 60.7 Å². The summed E-state index contributed by atoms with van der Waals surface area (Å²) < 4.78 is 0. The van der Waals surface area contributed by atoms with Gasteiger partial charge in [-0.1, -0.05) is 17.7 Å². The molecule has 2 rings (SSSR count). The van der Waals surface area contributed by atoms with Crippen molar-refractivity contribution < 1.29 is 9.85 Å². The minimum absolute atomic E-state index is 0.0663. The molecule has 0 aromatic heterocycles. The SMILES string of the molecule is CC1=CCCC(C=NNc2ccc([N+](=O)[O-])cc2[N+](=O)[O-])=C1Cl. The largest absolute Gasteiger partial charge is 0.301 e. The second kappa shape index (κ2) is 7.01. The number of halogens is 1. The highest BCUT2D eigenvalue weighted by molar-refractivity contribution is 6.33. The van der Waals surface area contributed by atoms with E-state index in [-0.39, 0.29) is 11.4 Å². The van der Waals surface area contributed by atoms with E-state index in [0.29, 0.717) is 5.03 Å². The summed E-state index contributed by atoms with van der Waals surface area (Å²) in [6.07, 6.45) is 5.10. The third kappa shape index (κ3) is 3.92. The first-order chi connectivity index (χ1) is 10.9. The van der Waals surface area contributed by atoms with Gasteiger partial charge in [0.15, 0.2) is 0 Å². The molecule has 0 saturated heterocycles. The number of allylic oxidation sites excluding steroid dienone is 4. The van der Waals surface area contributed by atoms with Gasteiger partial charge in [0.1, 0.15) is 5.69 Å². The quantitative estimate of drug-likeness (QED) is 0.493. The number of nitro benzene ring substituents is 2. The molecule has 0 heterocycles. The second-order valence-corrected chi connectivity index (χ2v) is 5.23. The third-order valence-corrected chi connectivity index (χ3v) is 3.83. The van der Waals surface area contributed by atoms with Crippen LogP contribution in [0.5, 0.6) is 0 Å². The first-order valence-electron chi connectivity index (χ1n) is 6.68. The Morgan fingerprint density at radius 1 is 1.30 bits per heavy atom. The van der Waals surface area contributed by atoms with Crippen molar-refractivity contribution in [2.24, 2.45) is 5.10 Å². The zero-order valence-electron chi connectivity index (χ0n) is 12.2. The molecule has 23 heavy (non-hydrogen) atoms. The number of non-ortho nitro benzene ring substituents is 1. The van der Waals surface area contributed by atoms with E-state index in [1.807, 2.05) is 13.0 Å². The van der Waals surface area contributed by atoms with Crippen molar-refractivity contribution in [3.8, 4) is 0 Å². The topological polar surface area (TPSA) is 111 Å². The molecule has 0 amide bonds.